The lowest BCUT2D eigenvalue weighted by Crippen LogP contribution is -2.61. The van der Waals surface area contributed by atoms with Crippen LogP contribution in [0.25, 0.3) is 0 Å². The number of quaternary nitrogens is 1. The smallest absolute Gasteiger partial charge is 0.425 e. The highest BCUT2D eigenvalue weighted by Crippen LogP contribution is 2.43. The molecule has 33 heavy (non-hydrogen) atoms. The fourth-order valence-corrected chi connectivity index (χ4v) is 5.45. The van der Waals surface area contributed by atoms with Crippen LogP contribution in [0.1, 0.15) is 47.3 Å². The Kier molecular flexibility index (Phi) is 6.20. The van der Waals surface area contributed by atoms with E-state index in [-0.39, 0.29) is 18.3 Å². The summed E-state index contributed by atoms with van der Waals surface area (Å²) in [6.07, 6.45) is 2.82. The van der Waals surface area contributed by atoms with Crippen LogP contribution in [-0.2, 0) is 16.4 Å². The predicted octanol–water partition coefficient (Wildman–Crippen LogP) is 3.22. The van der Waals surface area contributed by atoms with Crippen LogP contribution in [0.5, 0.6) is 11.5 Å². The Balaban J connectivity index is 1.90. The Labute approximate surface area is 194 Å². The Morgan fingerprint density at radius 2 is 1.91 bits per heavy atom. The zero-order valence-electron chi connectivity index (χ0n) is 19.0. The molecule has 3 amide bonds. The van der Waals surface area contributed by atoms with Crippen molar-refractivity contribution < 1.29 is 32.0 Å². The first-order valence-electron chi connectivity index (χ1n) is 11.0. The number of fused-ring (bicyclic) bond motifs is 1. The standard InChI is InChI=1S/C24H28N2O6S/c1-4-32-22-13-16(9-12-21(22)31-2)20(15-33(3,29)30)26(24(28)25-18-10-11-18)14-17-7-5-6-8-19(17)23(26)27/h5-9,12-13,18,20H,4,10-11,14-15H2,1-3H3/p+1/t20-,26?/m0/s1. The van der Waals surface area contributed by atoms with Gasteiger partial charge in [0.1, 0.15) is 18.3 Å². The van der Waals surface area contributed by atoms with E-state index in [0.717, 1.165) is 24.7 Å². The van der Waals surface area contributed by atoms with Crippen LogP contribution in [0.2, 0.25) is 0 Å². The summed E-state index contributed by atoms with van der Waals surface area (Å²) in [5.74, 6) is 0.152. The number of carbonyl (C=O) groups is 2. The van der Waals surface area contributed by atoms with Gasteiger partial charge in [-0.3, -0.25) is 0 Å². The maximum Gasteiger partial charge on any atom is 0.425 e. The number of ether oxygens (including phenoxy) is 2. The number of amides is 3. The molecule has 2 aliphatic rings. The zero-order valence-corrected chi connectivity index (χ0v) is 19.9. The van der Waals surface area contributed by atoms with Gasteiger partial charge in [0.15, 0.2) is 21.3 Å². The van der Waals surface area contributed by atoms with Crippen molar-refractivity contribution in [2.45, 2.75) is 38.4 Å². The first-order chi connectivity index (χ1) is 15.7. The number of hydrogen-bond acceptors (Lipinski definition) is 6. The van der Waals surface area contributed by atoms with Gasteiger partial charge in [-0.25, -0.2) is 18.0 Å². The lowest BCUT2D eigenvalue weighted by molar-refractivity contribution is -0.808. The molecule has 0 spiro atoms. The number of sulfone groups is 1. The van der Waals surface area contributed by atoms with E-state index in [1.807, 2.05) is 19.1 Å². The van der Waals surface area contributed by atoms with Crippen LogP contribution in [0.4, 0.5) is 4.79 Å². The first kappa shape index (κ1) is 23.3. The van der Waals surface area contributed by atoms with Gasteiger partial charge in [0.05, 0.1) is 19.3 Å². The third-order valence-electron chi connectivity index (χ3n) is 6.16. The topological polar surface area (TPSA) is 98.8 Å². The van der Waals surface area contributed by atoms with E-state index in [0.29, 0.717) is 29.2 Å². The van der Waals surface area contributed by atoms with Crippen molar-refractivity contribution in [1.29, 1.82) is 0 Å². The molecule has 0 bridgehead atoms. The number of nitrogens with one attached hydrogen (secondary N) is 1. The van der Waals surface area contributed by atoms with Gasteiger partial charge in [0.2, 0.25) is 0 Å². The van der Waals surface area contributed by atoms with E-state index in [2.05, 4.69) is 5.32 Å². The molecule has 0 saturated heterocycles. The minimum Gasteiger partial charge on any atom is -0.493 e. The van der Waals surface area contributed by atoms with Crippen molar-refractivity contribution in [2.75, 3.05) is 25.7 Å². The third-order valence-corrected chi connectivity index (χ3v) is 7.08. The molecule has 1 fully saturated rings. The fourth-order valence-electron chi connectivity index (χ4n) is 4.43. The van der Waals surface area contributed by atoms with Crippen LogP contribution in [0, 0.1) is 0 Å². The normalized spacial score (nSPS) is 20.8. The number of rotatable bonds is 8. The summed E-state index contributed by atoms with van der Waals surface area (Å²) in [4.78, 5) is 27.6. The van der Waals surface area contributed by atoms with Gasteiger partial charge < -0.3 is 14.8 Å². The number of methoxy groups -OCH3 is 1. The Morgan fingerprint density at radius 1 is 1.18 bits per heavy atom. The Bertz CT molecular complexity index is 1190. The van der Waals surface area contributed by atoms with Gasteiger partial charge in [-0.2, -0.15) is 4.48 Å². The second kappa shape index (κ2) is 8.79. The highest BCUT2D eigenvalue weighted by molar-refractivity contribution is 7.90. The third kappa shape index (κ3) is 4.47. The molecule has 1 unspecified atom stereocenters. The van der Waals surface area contributed by atoms with E-state index in [1.165, 1.54) is 7.11 Å². The van der Waals surface area contributed by atoms with Crippen LogP contribution in [0.3, 0.4) is 0 Å². The molecule has 0 aromatic heterocycles. The van der Waals surface area contributed by atoms with Crippen molar-refractivity contribution >= 4 is 21.8 Å². The Morgan fingerprint density at radius 3 is 2.52 bits per heavy atom. The molecule has 176 valence electrons. The van der Waals surface area contributed by atoms with Gasteiger partial charge in [-0.15, -0.1) is 0 Å². The first-order valence-corrected chi connectivity index (χ1v) is 13.1. The van der Waals surface area contributed by atoms with Gasteiger partial charge in [-0.05, 0) is 44.0 Å². The number of nitrogens with zero attached hydrogens (tertiary/aromatic N) is 1. The van der Waals surface area contributed by atoms with Crippen molar-refractivity contribution in [3.8, 4) is 11.5 Å². The lowest BCUT2D eigenvalue weighted by Gasteiger charge is -2.36. The zero-order chi connectivity index (χ0) is 23.8. The average molecular weight is 474 g/mol. The molecule has 4 rings (SSSR count). The van der Waals surface area contributed by atoms with E-state index in [1.54, 1.807) is 30.3 Å². The van der Waals surface area contributed by atoms with Crippen LogP contribution < -0.4 is 14.8 Å². The summed E-state index contributed by atoms with van der Waals surface area (Å²) < 4.78 is 35.6. The summed E-state index contributed by atoms with van der Waals surface area (Å²) in [6, 6.07) is 10.7. The summed E-state index contributed by atoms with van der Waals surface area (Å²) in [5, 5.41) is 2.96. The van der Waals surface area contributed by atoms with Gasteiger partial charge in [0.25, 0.3) is 0 Å². The lowest BCUT2D eigenvalue weighted by atomic mass is 10.0. The highest BCUT2D eigenvalue weighted by Gasteiger charge is 2.58. The summed E-state index contributed by atoms with van der Waals surface area (Å²) in [7, 11) is -2.05. The number of imide groups is 1. The Hall–Kier alpha value is -2.91. The van der Waals surface area contributed by atoms with Crippen LogP contribution in [0.15, 0.2) is 42.5 Å². The summed E-state index contributed by atoms with van der Waals surface area (Å²) in [6.45, 7) is 2.30. The maximum absolute atomic E-state index is 13.9. The van der Waals surface area contributed by atoms with E-state index in [9.17, 15) is 18.0 Å². The van der Waals surface area contributed by atoms with Gasteiger partial charge in [0, 0.05) is 23.4 Å². The number of hydrogen-bond donors (Lipinski definition) is 1. The minimum atomic E-state index is -3.56. The summed E-state index contributed by atoms with van der Waals surface area (Å²) >= 11 is 0. The molecule has 0 radical (unpaired) electrons. The molecule has 1 aliphatic carbocycles. The predicted molar refractivity (Wildman–Crippen MR) is 123 cm³/mol. The highest BCUT2D eigenvalue weighted by atomic mass is 32.2. The largest absolute Gasteiger partial charge is 0.493 e. The molecule has 2 aromatic rings. The molecule has 9 heteroatoms. The maximum atomic E-state index is 13.9. The second-order valence-corrected chi connectivity index (χ2v) is 10.8. The van der Waals surface area contributed by atoms with Crippen molar-refractivity contribution in [3.05, 3.63) is 59.2 Å². The average Bonchev–Trinajstić information content (AvgIpc) is 3.54. The van der Waals surface area contributed by atoms with E-state index < -0.39 is 32.3 Å². The number of carbonyl (C=O) groups excluding carboxylic acids is 2. The monoisotopic (exact) mass is 473 g/mol. The number of urea groups is 1. The molecular formula is C24H29N2O6S+. The number of benzene rings is 2. The second-order valence-electron chi connectivity index (χ2n) is 8.66. The molecule has 1 heterocycles. The van der Waals surface area contributed by atoms with Gasteiger partial charge in [-0.1, -0.05) is 18.2 Å². The minimum absolute atomic E-state index is 0.0118. The fraction of sp³-hybridized carbons (Fsp3) is 0.417. The van der Waals surface area contributed by atoms with Crippen molar-refractivity contribution in [1.82, 2.24) is 5.32 Å². The molecule has 2 aromatic carbocycles. The van der Waals surface area contributed by atoms with Crippen molar-refractivity contribution in [3.63, 3.8) is 0 Å². The SMILES string of the molecule is CCOc1cc([C@H](CS(C)(=O)=O)[N+]2(C(=O)NC3CC3)Cc3ccccc3C2=O)ccc1OC. The molecule has 1 N–H and O–H groups in total. The molecule has 1 aliphatic heterocycles. The quantitative estimate of drug-likeness (QED) is 0.591. The molecule has 2 atom stereocenters. The van der Waals surface area contributed by atoms with E-state index >= 15 is 0 Å². The van der Waals surface area contributed by atoms with E-state index in [4.69, 9.17) is 9.47 Å². The summed E-state index contributed by atoms with van der Waals surface area (Å²) in [5.41, 5.74) is 1.70. The molecular weight excluding hydrogens is 444 g/mol. The molecule has 1 saturated carbocycles. The van der Waals surface area contributed by atoms with Crippen LogP contribution in [-0.4, -0.2) is 56.6 Å². The van der Waals surface area contributed by atoms with Crippen molar-refractivity contribution in [2.24, 2.45) is 0 Å². The van der Waals surface area contributed by atoms with Gasteiger partial charge >= 0.3 is 11.9 Å². The molecule has 8 nitrogen and oxygen atoms in total. The van der Waals surface area contributed by atoms with Crippen LogP contribution >= 0.6 is 0 Å².